The first kappa shape index (κ1) is 18.8. The van der Waals surface area contributed by atoms with Crippen LogP contribution in [0.2, 0.25) is 0 Å². The molecule has 0 aliphatic heterocycles. The van der Waals surface area contributed by atoms with Gasteiger partial charge >= 0.3 is 0 Å². The molecule has 0 aliphatic carbocycles. The highest BCUT2D eigenvalue weighted by atomic mass is 32.1. The van der Waals surface area contributed by atoms with E-state index < -0.39 is 0 Å². The first-order valence-electron chi connectivity index (χ1n) is 8.96. The number of hydrogen-bond donors (Lipinski definition) is 1. The van der Waals surface area contributed by atoms with Crippen LogP contribution in [0.15, 0.2) is 42.5 Å². The van der Waals surface area contributed by atoms with Crippen LogP contribution < -0.4 is 14.5 Å². The third-order valence-electron chi connectivity index (χ3n) is 4.37. The second kappa shape index (κ2) is 7.83. The van der Waals surface area contributed by atoms with Crippen molar-refractivity contribution in [3.63, 3.8) is 0 Å². The van der Waals surface area contributed by atoms with Crippen LogP contribution >= 0.6 is 22.7 Å². The van der Waals surface area contributed by atoms with Crippen molar-refractivity contribution >= 4 is 54.1 Å². The lowest BCUT2D eigenvalue weighted by molar-refractivity contribution is -0.856. The Hall–Kier alpha value is -2.55. The summed E-state index contributed by atoms with van der Waals surface area (Å²) in [7, 11) is 5.78. The summed E-state index contributed by atoms with van der Waals surface area (Å²) in [6, 6.07) is 13.6. The van der Waals surface area contributed by atoms with Gasteiger partial charge in [0.2, 0.25) is 0 Å². The van der Waals surface area contributed by atoms with Crippen molar-refractivity contribution < 1.29 is 14.4 Å². The molecule has 6 nitrogen and oxygen atoms in total. The zero-order chi connectivity index (χ0) is 19.7. The Morgan fingerprint density at radius 2 is 1.86 bits per heavy atom. The molecular formula is C20H21N4O2S2+. The van der Waals surface area contributed by atoms with E-state index in [9.17, 15) is 4.79 Å². The van der Waals surface area contributed by atoms with Gasteiger partial charge in [0.25, 0.3) is 5.91 Å². The van der Waals surface area contributed by atoms with Crippen LogP contribution in [0.25, 0.3) is 20.4 Å². The molecule has 1 N–H and O–H groups in total. The number of hydrogen-bond acceptors (Lipinski definition) is 6. The van der Waals surface area contributed by atoms with Gasteiger partial charge in [0.1, 0.15) is 5.75 Å². The third kappa shape index (κ3) is 3.71. The van der Waals surface area contributed by atoms with E-state index in [0.29, 0.717) is 16.7 Å². The maximum Gasteiger partial charge on any atom is 0.289 e. The van der Waals surface area contributed by atoms with E-state index in [-0.39, 0.29) is 5.91 Å². The van der Waals surface area contributed by atoms with Gasteiger partial charge in [0.15, 0.2) is 10.1 Å². The first-order chi connectivity index (χ1) is 13.5. The molecule has 144 valence electrons. The first-order valence-corrected chi connectivity index (χ1v) is 10.6. The fourth-order valence-corrected chi connectivity index (χ4v) is 4.72. The van der Waals surface area contributed by atoms with Gasteiger partial charge in [-0.2, -0.15) is 0 Å². The zero-order valence-electron chi connectivity index (χ0n) is 15.9. The molecule has 28 heavy (non-hydrogen) atoms. The van der Waals surface area contributed by atoms with Crippen molar-refractivity contribution in [3.05, 3.63) is 47.5 Å². The van der Waals surface area contributed by atoms with Crippen LogP contribution in [0.3, 0.4) is 0 Å². The van der Waals surface area contributed by atoms with Crippen molar-refractivity contribution in [1.29, 1.82) is 0 Å². The molecule has 0 aliphatic rings. The van der Waals surface area contributed by atoms with E-state index in [4.69, 9.17) is 9.72 Å². The molecule has 0 fully saturated rings. The Bertz CT molecular complexity index is 1100. The number of amides is 1. The van der Waals surface area contributed by atoms with E-state index in [1.54, 1.807) is 12.0 Å². The number of likely N-dealkylation sites (N-methyl/N-ethyl adjacent to an activating group) is 1. The summed E-state index contributed by atoms with van der Waals surface area (Å²) in [5, 5.41) is 1.18. The minimum atomic E-state index is -0.103. The number of quaternary nitrogens is 1. The molecular weight excluding hydrogens is 392 g/mol. The minimum absolute atomic E-state index is 0.103. The van der Waals surface area contributed by atoms with E-state index in [1.165, 1.54) is 27.6 Å². The van der Waals surface area contributed by atoms with Crippen molar-refractivity contribution in [2.24, 2.45) is 0 Å². The summed E-state index contributed by atoms with van der Waals surface area (Å²) in [6.45, 7) is 1.39. The number of rotatable bonds is 6. The number of carbonyl (C=O) groups is 1. The number of para-hydroxylation sites is 1. The SMILES string of the molecule is COc1ccc2sc(N(CC[NH+](C)C)C(=O)c3nc4ccccc4s3)nc2c1. The lowest BCUT2D eigenvalue weighted by Gasteiger charge is -2.19. The van der Waals surface area contributed by atoms with Crippen molar-refractivity contribution in [1.82, 2.24) is 9.97 Å². The van der Waals surface area contributed by atoms with Crippen molar-refractivity contribution in [3.8, 4) is 5.75 Å². The number of nitrogens with zero attached hydrogens (tertiary/aromatic N) is 3. The van der Waals surface area contributed by atoms with Gasteiger partial charge in [-0.3, -0.25) is 9.69 Å². The average Bonchev–Trinajstić information content (AvgIpc) is 3.31. The Morgan fingerprint density at radius 3 is 2.61 bits per heavy atom. The number of ether oxygens (including phenoxy) is 1. The Balaban J connectivity index is 1.72. The van der Waals surface area contributed by atoms with Gasteiger partial charge in [-0.15, -0.1) is 11.3 Å². The van der Waals surface area contributed by atoms with Crippen molar-refractivity contribution in [2.45, 2.75) is 0 Å². The summed E-state index contributed by atoms with van der Waals surface area (Å²) in [6.07, 6.45) is 0. The number of fused-ring (bicyclic) bond motifs is 2. The molecule has 0 spiro atoms. The Morgan fingerprint density at radius 1 is 1.07 bits per heavy atom. The van der Waals surface area contributed by atoms with Gasteiger partial charge in [0.05, 0.1) is 54.7 Å². The van der Waals surface area contributed by atoms with Gasteiger partial charge < -0.3 is 9.64 Å². The fourth-order valence-electron chi connectivity index (χ4n) is 2.84. The molecule has 0 unspecified atom stereocenters. The van der Waals surface area contributed by atoms with Crippen molar-refractivity contribution in [2.75, 3.05) is 39.2 Å². The number of anilines is 1. The molecule has 4 aromatic rings. The zero-order valence-corrected chi connectivity index (χ0v) is 17.6. The molecule has 1 amide bonds. The summed E-state index contributed by atoms with van der Waals surface area (Å²) < 4.78 is 7.33. The molecule has 8 heteroatoms. The van der Waals surface area contributed by atoms with Gasteiger partial charge in [-0.25, -0.2) is 9.97 Å². The monoisotopic (exact) mass is 413 g/mol. The molecule has 0 radical (unpaired) electrons. The summed E-state index contributed by atoms with van der Waals surface area (Å²) in [5.41, 5.74) is 1.68. The number of aromatic nitrogens is 2. The third-order valence-corrected chi connectivity index (χ3v) is 6.46. The Kier molecular flexibility index (Phi) is 5.25. The normalized spacial score (nSPS) is 11.4. The van der Waals surface area contributed by atoms with E-state index in [0.717, 1.165) is 32.7 Å². The second-order valence-corrected chi connectivity index (χ2v) is 8.77. The van der Waals surface area contributed by atoms with Crippen LogP contribution in [0, 0.1) is 0 Å². The van der Waals surface area contributed by atoms with Crippen LogP contribution in [0.5, 0.6) is 5.75 Å². The van der Waals surface area contributed by atoms with Crippen LogP contribution in [0.1, 0.15) is 9.80 Å². The standard InChI is InChI=1S/C20H20N4O2S2/c1-23(2)10-11-24(19(25)18-21-14-6-4-5-7-16(14)27-18)20-22-15-12-13(26-3)8-9-17(15)28-20/h4-9,12H,10-11H2,1-3H3/p+1. The Labute approximate surface area is 171 Å². The minimum Gasteiger partial charge on any atom is -0.497 e. The summed E-state index contributed by atoms with van der Waals surface area (Å²) >= 11 is 2.94. The van der Waals surface area contributed by atoms with Gasteiger partial charge in [0, 0.05) is 6.07 Å². The van der Waals surface area contributed by atoms with Crippen LogP contribution in [-0.2, 0) is 0 Å². The molecule has 4 rings (SSSR count). The molecule has 2 heterocycles. The molecule has 2 aromatic heterocycles. The fraction of sp³-hybridized carbons (Fsp3) is 0.250. The lowest BCUT2D eigenvalue weighted by Crippen LogP contribution is -3.06. The number of nitrogens with one attached hydrogen (secondary N) is 1. The smallest absolute Gasteiger partial charge is 0.289 e. The average molecular weight is 414 g/mol. The predicted octanol–water partition coefficient (Wildman–Crippen LogP) is 2.71. The molecule has 2 aromatic carbocycles. The van der Waals surface area contributed by atoms with E-state index >= 15 is 0 Å². The highest BCUT2D eigenvalue weighted by Crippen LogP contribution is 2.32. The maximum atomic E-state index is 13.3. The van der Waals surface area contributed by atoms with Gasteiger partial charge in [-0.05, 0) is 24.3 Å². The van der Waals surface area contributed by atoms with Gasteiger partial charge in [-0.1, -0.05) is 23.5 Å². The number of carbonyl (C=O) groups excluding carboxylic acids is 1. The summed E-state index contributed by atoms with van der Waals surface area (Å²) in [5.74, 6) is 0.652. The lowest BCUT2D eigenvalue weighted by atomic mass is 10.3. The van der Waals surface area contributed by atoms with Crippen LogP contribution in [0.4, 0.5) is 5.13 Å². The second-order valence-electron chi connectivity index (χ2n) is 6.73. The molecule has 0 saturated heterocycles. The number of benzene rings is 2. The van der Waals surface area contributed by atoms with E-state index in [1.807, 2.05) is 42.5 Å². The molecule has 0 bridgehead atoms. The van der Waals surface area contributed by atoms with E-state index in [2.05, 4.69) is 19.1 Å². The molecule has 0 atom stereocenters. The predicted molar refractivity (Wildman–Crippen MR) is 115 cm³/mol. The topological polar surface area (TPSA) is 59.8 Å². The highest BCUT2D eigenvalue weighted by molar-refractivity contribution is 7.23. The van der Waals surface area contributed by atoms with Crippen LogP contribution in [-0.4, -0.2) is 50.2 Å². The highest BCUT2D eigenvalue weighted by Gasteiger charge is 2.25. The maximum absolute atomic E-state index is 13.3. The largest absolute Gasteiger partial charge is 0.497 e. The quantitative estimate of drug-likeness (QED) is 0.528. The number of thiazole rings is 2. The molecule has 0 saturated carbocycles. The summed E-state index contributed by atoms with van der Waals surface area (Å²) in [4.78, 5) is 25.6. The number of methoxy groups -OCH3 is 1.